The molecule has 0 aliphatic carbocycles. The number of hydrogen-bond donors (Lipinski definition) is 2. The number of aliphatic hydroxyl groups is 1. The third-order valence-corrected chi connectivity index (χ3v) is 9.60. The molecule has 6 nitrogen and oxygen atoms in total. The topological polar surface area (TPSA) is 68.7 Å². The number of hydrogen-bond acceptors (Lipinski definition) is 6. The molecule has 1 aromatic carbocycles. The number of aromatic nitrogens is 1. The summed E-state index contributed by atoms with van der Waals surface area (Å²) in [6.45, 7) is 5.30. The van der Waals surface area contributed by atoms with E-state index in [1.54, 1.807) is 6.26 Å². The molecule has 3 aliphatic rings. The van der Waals surface area contributed by atoms with Crippen LogP contribution >= 0.6 is 0 Å². The fraction of sp³-hybridized carbons (Fsp3) is 0.640. The summed E-state index contributed by atoms with van der Waals surface area (Å²) >= 11 is 0. The number of nitrogens with zero attached hydrogens (tertiary/aromatic N) is 3. The van der Waals surface area contributed by atoms with E-state index in [2.05, 4.69) is 26.2 Å². The lowest BCUT2D eigenvalue weighted by Crippen LogP contribution is -2.64. The zero-order chi connectivity index (χ0) is 22.1. The highest BCUT2D eigenvalue weighted by molar-refractivity contribution is 7.85. The molecule has 3 fully saturated rings. The monoisotopic (exact) mass is 456 g/mol. The van der Waals surface area contributed by atoms with Crippen molar-refractivity contribution < 1.29 is 9.32 Å². The molecule has 7 heteroatoms. The first kappa shape index (κ1) is 22.4. The van der Waals surface area contributed by atoms with Crippen molar-refractivity contribution in [1.82, 2.24) is 20.1 Å². The number of rotatable bonds is 4. The van der Waals surface area contributed by atoms with Gasteiger partial charge in [-0.25, -0.2) is 0 Å². The third-order valence-electron chi connectivity index (χ3n) is 7.99. The maximum atomic E-state index is 13.6. The van der Waals surface area contributed by atoms with Crippen LogP contribution in [0.25, 0.3) is 10.9 Å². The molecular formula is C25H36N4O2S. The molecule has 1 aromatic heterocycles. The van der Waals surface area contributed by atoms with Crippen LogP contribution in [0.2, 0.25) is 0 Å². The van der Waals surface area contributed by atoms with Crippen LogP contribution in [0.4, 0.5) is 0 Å². The SMILES string of the molecule is CS(=O)C1(c2ccnc3ccccc23)C(O)CCCN1C1CCN(C2CCNCC2)CC1. The van der Waals surface area contributed by atoms with Gasteiger partial charge in [0.15, 0.2) is 0 Å². The average Bonchev–Trinajstić information content (AvgIpc) is 2.84. The van der Waals surface area contributed by atoms with Gasteiger partial charge in [0.1, 0.15) is 4.87 Å². The van der Waals surface area contributed by atoms with Crippen molar-refractivity contribution in [1.29, 1.82) is 0 Å². The second kappa shape index (κ2) is 9.47. The van der Waals surface area contributed by atoms with Gasteiger partial charge >= 0.3 is 0 Å². The molecule has 3 aliphatic heterocycles. The number of benzene rings is 1. The second-order valence-electron chi connectivity index (χ2n) is 9.63. The third kappa shape index (κ3) is 3.82. The first-order valence-electron chi connectivity index (χ1n) is 12.2. The first-order chi connectivity index (χ1) is 15.6. The van der Waals surface area contributed by atoms with E-state index in [9.17, 15) is 9.32 Å². The second-order valence-corrected chi connectivity index (χ2v) is 11.2. The van der Waals surface area contributed by atoms with Crippen LogP contribution in [0.1, 0.15) is 44.1 Å². The number of nitrogens with one attached hydrogen (secondary N) is 1. The number of likely N-dealkylation sites (tertiary alicyclic amines) is 2. The largest absolute Gasteiger partial charge is 0.390 e. The molecule has 0 saturated carbocycles. The van der Waals surface area contributed by atoms with Crippen LogP contribution in [-0.2, 0) is 15.7 Å². The Labute approximate surface area is 193 Å². The Morgan fingerprint density at radius 2 is 1.78 bits per heavy atom. The Balaban J connectivity index is 1.49. The Bertz CT molecular complexity index is 953. The lowest BCUT2D eigenvalue weighted by Gasteiger charge is -2.54. The fourth-order valence-electron chi connectivity index (χ4n) is 6.45. The zero-order valence-electron chi connectivity index (χ0n) is 19.1. The molecule has 3 saturated heterocycles. The highest BCUT2D eigenvalue weighted by atomic mass is 32.2. The smallest absolute Gasteiger partial charge is 0.149 e. The van der Waals surface area contributed by atoms with Crippen molar-refractivity contribution in [2.75, 3.05) is 39.0 Å². The van der Waals surface area contributed by atoms with E-state index >= 15 is 0 Å². The minimum atomic E-state index is -1.27. The molecule has 32 heavy (non-hydrogen) atoms. The lowest BCUT2D eigenvalue weighted by atomic mass is 9.86. The highest BCUT2D eigenvalue weighted by Crippen LogP contribution is 2.45. The quantitative estimate of drug-likeness (QED) is 0.737. The van der Waals surface area contributed by atoms with Gasteiger partial charge in [-0.3, -0.25) is 14.1 Å². The Morgan fingerprint density at radius 1 is 1.03 bits per heavy atom. The zero-order valence-corrected chi connectivity index (χ0v) is 19.9. The van der Waals surface area contributed by atoms with Crippen LogP contribution < -0.4 is 5.32 Å². The number of piperidine rings is 3. The maximum Gasteiger partial charge on any atom is 0.149 e. The van der Waals surface area contributed by atoms with Crippen LogP contribution in [-0.4, -0.2) is 81.3 Å². The van der Waals surface area contributed by atoms with Gasteiger partial charge in [0.25, 0.3) is 0 Å². The van der Waals surface area contributed by atoms with Crippen molar-refractivity contribution >= 4 is 21.7 Å². The van der Waals surface area contributed by atoms with Crippen LogP contribution in [0.5, 0.6) is 0 Å². The van der Waals surface area contributed by atoms with E-state index in [1.165, 1.54) is 12.8 Å². The molecule has 5 rings (SSSR count). The summed E-state index contributed by atoms with van der Waals surface area (Å²) in [7, 11) is -1.27. The van der Waals surface area contributed by atoms with Crippen molar-refractivity contribution in [3.8, 4) is 0 Å². The van der Waals surface area contributed by atoms with Crippen molar-refractivity contribution in [3.05, 3.63) is 42.1 Å². The molecule has 0 radical (unpaired) electrons. The molecule has 3 unspecified atom stereocenters. The van der Waals surface area contributed by atoms with Crippen LogP contribution in [0.3, 0.4) is 0 Å². The predicted molar refractivity (Wildman–Crippen MR) is 130 cm³/mol. The number of aliphatic hydroxyl groups excluding tert-OH is 1. The van der Waals surface area contributed by atoms with Crippen LogP contribution in [0, 0.1) is 0 Å². The number of para-hydroxylation sites is 1. The minimum absolute atomic E-state index is 0.332. The Morgan fingerprint density at radius 3 is 2.53 bits per heavy atom. The normalized spacial score (nSPS) is 30.5. The fourth-order valence-corrected chi connectivity index (χ4v) is 8.01. The number of fused-ring (bicyclic) bond motifs is 1. The predicted octanol–water partition coefficient (Wildman–Crippen LogP) is 2.44. The van der Waals surface area contributed by atoms with Gasteiger partial charge in [-0.1, -0.05) is 18.2 Å². The molecule has 0 bridgehead atoms. The maximum absolute atomic E-state index is 13.6. The molecule has 3 atom stereocenters. The first-order valence-corrected chi connectivity index (χ1v) is 13.8. The van der Waals surface area contributed by atoms with Crippen molar-refractivity contribution in [3.63, 3.8) is 0 Å². The van der Waals surface area contributed by atoms with E-state index in [4.69, 9.17) is 0 Å². The summed E-state index contributed by atoms with van der Waals surface area (Å²) in [5.74, 6) is 0. The summed E-state index contributed by atoms with van der Waals surface area (Å²) < 4.78 is 13.6. The Hall–Kier alpha value is -1.38. The standard InChI is InChI=1S/C25H36N4O2S/c1-32(31)25(22-10-15-27-23-6-3-2-5-21(22)23)24(30)7-4-16-29(25)20-11-17-28(18-12-20)19-8-13-26-14-9-19/h2-3,5-6,10,15,19-20,24,26,30H,4,7-9,11-14,16-18H2,1H3. The van der Waals surface area contributed by atoms with Gasteiger partial charge < -0.3 is 15.3 Å². The van der Waals surface area contributed by atoms with Gasteiger partial charge in [-0.15, -0.1) is 0 Å². The molecular weight excluding hydrogens is 420 g/mol. The molecule has 174 valence electrons. The summed E-state index contributed by atoms with van der Waals surface area (Å²) in [6, 6.07) is 11.1. The van der Waals surface area contributed by atoms with Crippen molar-refractivity contribution in [2.45, 2.75) is 61.6 Å². The van der Waals surface area contributed by atoms with E-state index in [0.717, 1.165) is 68.5 Å². The van der Waals surface area contributed by atoms with E-state index in [1.807, 2.05) is 30.5 Å². The van der Waals surface area contributed by atoms with E-state index in [-0.39, 0.29) is 0 Å². The number of pyridine rings is 1. The van der Waals surface area contributed by atoms with Crippen LogP contribution in [0.15, 0.2) is 36.5 Å². The van der Waals surface area contributed by atoms with E-state index in [0.29, 0.717) is 18.5 Å². The highest BCUT2D eigenvalue weighted by Gasteiger charge is 2.53. The molecule has 2 N–H and O–H groups in total. The summed E-state index contributed by atoms with van der Waals surface area (Å²) in [5.41, 5.74) is 1.87. The van der Waals surface area contributed by atoms with Gasteiger partial charge in [0.05, 0.1) is 11.6 Å². The van der Waals surface area contributed by atoms with Gasteiger partial charge in [-0.05, 0) is 82.4 Å². The van der Waals surface area contributed by atoms with Gasteiger partial charge in [0.2, 0.25) is 0 Å². The summed E-state index contributed by atoms with van der Waals surface area (Å²) in [4.78, 5) is 8.75. The summed E-state index contributed by atoms with van der Waals surface area (Å²) in [6.07, 6.45) is 9.16. The van der Waals surface area contributed by atoms with Gasteiger partial charge in [0, 0.05) is 47.3 Å². The lowest BCUT2D eigenvalue weighted by molar-refractivity contribution is -0.0541. The molecule has 0 amide bonds. The molecule has 0 spiro atoms. The average molecular weight is 457 g/mol. The minimum Gasteiger partial charge on any atom is -0.390 e. The Kier molecular flexibility index (Phi) is 6.63. The molecule has 4 heterocycles. The van der Waals surface area contributed by atoms with E-state index < -0.39 is 21.8 Å². The van der Waals surface area contributed by atoms with Gasteiger partial charge in [-0.2, -0.15) is 0 Å². The summed E-state index contributed by atoms with van der Waals surface area (Å²) in [5, 5.41) is 16.0. The van der Waals surface area contributed by atoms with Crippen molar-refractivity contribution in [2.24, 2.45) is 0 Å². The molecule has 2 aromatic rings.